The third-order valence-corrected chi connectivity index (χ3v) is 3.55. The molecule has 0 aliphatic rings. The van der Waals surface area contributed by atoms with E-state index in [4.69, 9.17) is 4.42 Å². The smallest absolute Gasteiger partial charge is 0.193 e. The highest BCUT2D eigenvalue weighted by Crippen LogP contribution is 2.24. The maximum Gasteiger partial charge on any atom is 0.193 e. The zero-order valence-electron chi connectivity index (χ0n) is 12.4. The first-order chi connectivity index (χ1) is 10.0. The summed E-state index contributed by atoms with van der Waals surface area (Å²) in [6.07, 6.45) is 0. The second-order valence-corrected chi connectivity index (χ2v) is 5.42. The lowest BCUT2D eigenvalue weighted by atomic mass is 10.1. The molecular formula is C18H17NO2. The van der Waals surface area contributed by atoms with Crippen LogP contribution in [0.3, 0.4) is 0 Å². The monoisotopic (exact) mass is 279 g/mol. The molecule has 21 heavy (non-hydrogen) atoms. The average molecular weight is 279 g/mol. The van der Waals surface area contributed by atoms with E-state index < -0.39 is 0 Å². The molecule has 1 heterocycles. The lowest BCUT2D eigenvalue weighted by Gasteiger charge is -2.12. The Morgan fingerprint density at radius 2 is 1.67 bits per heavy atom. The van der Waals surface area contributed by atoms with Gasteiger partial charge in [-0.05, 0) is 43.3 Å². The second-order valence-electron chi connectivity index (χ2n) is 5.42. The second kappa shape index (κ2) is 5.09. The van der Waals surface area contributed by atoms with E-state index in [0.29, 0.717) is 16.7 Å². The van der Waals surface area contributed by atoms with Crippen LogP contribution in [0.1, 0.15) is 5.56 Å². The molecule has 0 saturated carbocycles. The van der Waals surface area contributed by atoms with Crippen LogP contribution in [0.25, 0.3) is 22.3 Å². The predicted octanol–water partition coefficient (Wildman–Crippen LogP) is 3.83. The van der Waals surface area contributed by atoms with Gasteiger partial charge in [-0.2, -0.15) is 0 Å². The van der Waals surface area contributed by atoms with Gasteiger partial charge < -0.3 is 9.32 Å². The standard InChI is InChI=1S/C18H17NO2/c1-12-4-9-17-15(10-12)16(20)11-18(21-17)13-5-7-14(8-6-13)19(2)3/h4-11H,1-3H3. The van der Waals surface area contributed by atoms with E-state index in [1.165, 1.54) is 0 Å². The van der Waals surface area contributed by atoms with Gasteiger partial charge in [-0.25, -0.2) is 0 Å². The molecule has 0 saturated heterocycles. The molecule has 0 amide bonds. The van der Waals surface area contributed by atoms with Crippen LogP contribution in [0.2, 0.25) is 0 Å². The molecule has 0 aliphatic heterocycles. The van der Waals surface area contributed by atoms with Crippen molar-refractivity contribution < 1.29 is 4.42 Å². The van der Waals surface area contributed by atoms with Gasteiger partial charge in [0.25, 0.3) is 0 Å². The van der Waals surface area contributed by atoms with E-state index in [1.54, 1.807) is 6.07 Å². The van der Waals surface area contributed by atoms with Crippen molar-refractivity contribution in [2.75, 3.05) is 19.0 Å². The lowest BCUT2D eigenvalue weighted by molar-refractivity contribution is 0.619. The van der Waals surface area contributed by atoms with Crippen LogP contribution in [-0.2, 0) is 0 Å². The number of benzene rings is 2. The molecule has 0 bridgehead atoms. The summed E-state index contributed by atoms with van der Waals surface area (Å²) in [5.41, 5.74) is 3.68. The largest absolute Gasteiger partial charge is 0.456 e. The van der Waals surface area contributed by atoms with Gasteiger partial charge >= 0.3 is 0 Å². The van der Waals surface area contributed by atoms with E-state index >= 15 is 0 Å². The van der Waals surface area contributed by atoms with Crippen LogP contribution in [0, 0.1) is 6.92 Å². The third kappa shape index (κ3) is 2.55. The first-order valence-corrected chi connectivity index (χ1v) is 6.87. The van der Waals surface area contributed by atoms with Crippen LogP contribution < -0.4 is 10.3 Å². The molecule has 2 aromatic carbocycles. The van der Waals surface area contributed by atoms with Crippen molar-refractivity contribution in [2.24, 2.45) is 0 Å². The zero-order chi connectivity index (χ0) is 15.0. The minimum atomic E-state index is -0.00774. The van der Waals surface area contributed by atoms with Crippen LogP contribution in [-0.4, -0.2) is 14.1 Å². The van der Waals surface area contributed by atoms with Gasteiger partial charge in [0.2, 0.25) is 0 Å². The average Bonchev–Trinajstić information content (AvgIpc) is 2.48. The highest BCUT2D eigenvalue weighted by Gasteiger charge is 2.07. The highest BCUT2D eigenvalue weighted by atomic mass is 16.3. The first-order valence-electron chi connectivity index (χ1n) is 6.87. The molecule has 0 radical (unpaired) electrons. The molecule has 3 rings (SSSR count). The Balaban J connectivity index is 2.12. The van der Waals surface area contributed by atoms with Crippen molar-refractivity contribution in [2.45, 2.75) is 6.92 Å². The molecule has 0 N–H and O–H groups in total. The molecule has 0 spiro atoms. The summed E-state index contributed by atoms with van der Waals surface area (Å²) in [5.74, 6) is 0.599. The number of nitrogens with zero attached hydrogens (tertiary/aromatic N) is 1. The zero-order valence-corrected chi connectivity index (χ0v) is 12.4. The van der Waals surface area contributed by atoms with Crippen molar-refractivity contribution in [3.05, 3.63) is 64.3 Å². The van der Waals surface area contributed by atoms with Gasteiger partial charge in [-0.15, -0.1) is 0 Å². The van der Waals surface area contributed by atoms with Crippen molar-refractivity contribution in [1.82, 2.24) is 0 Å². The molecule has 1 aromatic heterocycles. The van der Waals surface area contributed by atoms with Gasteiger partial charge in [0, 0.05) is 31.4 Å². The minimum absolute atomic E-state index is 0.00774. The Labute approximate surface area is 123 Å². The molecule has 0 aliphatic carbocycles. The van der Waals surface area contributed by atoms with Gasteiger partial charge in [-0.3, -0.25) is 4.79 Å². The van der Waals surface area contributed by atoms with Crippen molar-refractivity contribution in [1.29, 1.82) is 0 Å². The number of aryl methyl sites for hydroxylation is 1. The summed E-state index contributed by atoms with van der Waals surface area (Å²) in [7, 11) is 3.99. The molecule has 0 atom stereocenters. The Morgan fingerprint density at radius 3 is 2.33 bits per heavy atom. The van der Waals surface area contributed by atoms with Crippen molar-refractivity contribution in [3.63, 3.8) is 0 Å². The topological polar surface area (TPSA) is 33.5 Å². The minimum Gasteiger partial charge on any atom is -0.456 e. The Hall–Kier alpha value is -2.55. The molecule has 3 nitrogen and oxygen atoms in total. The van der Waals surface area contributed by atoms with Crippen molar-refractivity contribution in [3.8, 4) is 11.3 Å². The number of hydrogen-bond acceptors (Lipinski definition) is 3. The van der Waals surface area contributed by atoms with Crippen molar-refractivity contribution >= 4 is 16.7 Å². The Morgan fingerprint density at radius 1 is 0.952 bits per heavy atom. The molecule has 0 fully saturated rings. The summed E-state index contributed by atoms with van der Waals surface area (Å²) in [6.45, 7) is 1.97. The summed E-state index contributed by atoms with van der Waals surface area (Å²) in [5, 5.41) is 0.628. The fourth-order valence-electron chi connectivity index (χ4n) is 2.34. The summed E-state index contributed by atoms with van der Waals surface area (Å²) >= 11 is 0. The van der Waals surface area contributed by atoms with Crippen LogP contribution in [0.15, 0.2) is 57.7 Å². The summed E-state index contributed by atoms with van der Waals surface area (Å²) in [4.78, 5) is 14.3. The van der Waals surface area contributed by atoms with Crippen LogP contribution >= 0.6 is 0 Å². The first kappa shape index (κ1) is 13.4. The normalized spacial score (nSPS) is 10.8. The maximum atomic E-state index is 12.2. The van der Waals surface area contributed by atoms with E-state index in [1.807, 2.05) is 68.4 Å². The SMILES string of the molecule is Cc1ccc2oc(-c3ccc(N(C)C)cc3)cc(=O)c2c1. The number of hydrogen-bond donors (Lipinski definition) is 0. The number of anilines is 1. The number of fused-ring (bicyclic) bond motifs is 1. The quantitative estimate of drug-likeness (QED) is 0.714. The van der Waals surface area contributed by atoms with E-state index in [2.05, 4.69) is 0 Å². The maximum absolute atomic E-state index is 12.2. The van der Waals surface area contributed by atoms with Gasteiger partial charge in [0.05, 0.1) is 5.39 Å². The highest BCUT2D eigenvalue weighted by molar-refractivity contribution is 5.79. The number of rotatable bonds is 2. The van der Waals surface area contributed by atoms with Gasteiger partial charge in [0.15, 0.2) is 5.43 Å². The molecule has 3 aromatic rings. The fourth-order valence-corrected chi connectivity index (χ4v) is 2.34. The Kier molecular flexibility index (Phi) is 3.26. The molecule has 3 heteroatoms. The van der Waals surface area contributed by atoms with Crippen LogP contribution in [0.5, 0.6) is 0 Å². The molecular weight excluding hydrogens is 262 g/mol. The molecule has 0 unspecified atom stereocenters. The lowest BCUT2D eigenvalue weighted by Crippen LogP contribution is -2.08. The van der Waals surface area contributed by atoms with E-state index in [9.17, 15) is 4.79 Å². The van der Waals surface area contributed by atoms with E-state index in [-0.39, 0.29) is 5.43 Å². The predicted molar refractivity (Wildman–Crippen MR) is 87.0 cm³/mol. The third-order valence-electron chi connectivity index (χ3n) is 3.55. The van der Waals surface area contributed by atoms with E-state index in [0.717, 1.165) is 16.8 Å². The van der Waals surface area contributed by atoms with Crippen LogP contribution in [0.4, 0.5) is 5.69 Å². The summed E-state index contributed by atoms with van der Waals surface area (Å²) in [6, 6.07) is 15.2. The van der Waals surface area contributed by atoms with Gasteiger partial charge in [-0.1, -0.05) is 11.6 Å². The summed E-state index contributed by atoms with van der Waals surface area (Å²) < 4.78 is 5.87. The Bertz CT molecular complexity index is 845. The fraction of sp³-hybridized carbons (Fsp3) is 0.167. The van der Waals surface area contributed by atoms with Gasteiger partial charge in [0.1, 0.15) is 11.3 Å². The molecule has 106 valence electrons.